The predicted octanol–water partition coefficient (Wildman–Crippen LogP) is 2.89. The van der Waals surface area contributed by atoms with Crippen molar-refractivity contribution in [2.75, 3.05) is 25.0 Å². The summed E-state index contributed by atoms with van der Waals surface area (Å²) < 4.78 is 13.2. The van der Waals surface area contributed by atoms with Gasteiger partial charge in [-0.2, -0.15) is 0 Å². The maximum atomic E-state index is 13.2. The molecular weight excluding hydrogens is 462 g/mol. The van der Waals surface area contributed by atoms with Gasteiger partial charge in [-0.15, -0.1) is 24.0 Å². The van der Waals surface area contributed by atoms with Crippen LogP contribution in [0.3, 0.4) is 0 Å². The third kappa shape index (κ3) is 8.72. The van der Waals surface area contributed by atoms with E-state index in [2.05, 4.69) is 20.9 Å². The highest BCUT2D eigenvalue weighted by atomic mass is 127. The lowest BCUT2D eigenvalue weighted by Gasteiger charge is -2.11. The quantitative estimate of drug-likeness (QED) is 0.210. The monoisotopic (exact) mass is 486 g/mol. The second-order valence-electron chi connectivity index (χ2n) is 5.60. The number of rotatable bonds is 7. The van der Waals surface area contributed by atoms with Crippen molar-refractivity contribution in [3.63, 3.8) is 0 Å². The summed E-state index contributed by atoms with van der Waals surface area (Å²) in [5, 5.41) is 18.1. The number of guanidine groups is 1. The fourth-order valence-electron chi connectivity index (χ4n) is 2.26. The van der Waals surface area contributed by atoms with Gasteiger partial charge in [-0.3, -0.25) is 4.79 Å². The number of anilines is 1. The Morgan fingerprint density at radius 3 is 2.56 bits per heavy atom. The maximum Gasteiger partial charge on any atom is 0.246 e. The van der Waals surface area contributed by atoms with E-state index in [4.69, 9.17) is 0 Å². The largest absolute Gasteiger partial charge is 0.508 e. The highest BCUT2D eigenvalue weighted by Gasteiger charge is 2.04. The Balaban J connectivity index is 0.00000364. The Kier molecular flexibility index (Phi) is 10.2. The predicted molar refractivity (Wildman–Crippen MR) is 116 cm³/mol. The van der Waals surface area contributed by atoms with E-state index < -0.39 is 0 Å². The summed E-state index contributed by atoms with van der Waals surface area (Å²) in [5.74, 6) is 0.134. The first-order valence-corrected chi connectivity index (χ1v) is 8.42. The van der Waals surface area contributed by atoms with Crippen molar-refractivity contribution in [3.8, 4) is 5.75 Å². The van der Waals surface area contributed by atoms with Gasteiger partial charge in [0.25, 0.3) is 0 Å². The first-order valence-electron chi connectivity index (χ1n) is 8.42. The molecule has 0 radical (unpaired) electrons. The number of carbonyl (C=O) groups is 1. The van der Waals surface area contributed by atoms with Gasteiger partial charge in [0.15, 0.2) is 5.96 Å². The minimum Gasteiger partial charge on any atom is -0.508 e. The molecule has 0 aliphatic rings. The molecule has 0 aliphatic carbocycles. The third-order valence-corrected chi connectivity index (χ3v) is 3.47. The molecule has 6 nitrogen and oxygen atoms in total. The van der Waals surface area contributed by atoms with Crippen LogP contribution >= 0.6 is 24.0 Å². The Morgan fingerprint density at radius 2 is 1.89 bits per heavy atom. The average Bonchev–Trinajstić information content (AvgIpc) is 2.62. The summed E-state index contributed by atoms with van der Waals surface area (Å²) in [6, 6.07) is 12.7. The number of carbonyl (C=O) groups excluding carboxylic acids is 1. The SMILES string of the molecule is CCNC(=NCC(=O)Nc1ccc(O)cc1)NCCc1cccc(F)c1.I. The zero-order chi connectivity index (χ0) is 18.8. The molecular formula is C19H24FIN4O2. The molecule has 0 saturated carbocycles. The Hall–Kier alpha value is -2.36. The molecule has 4 N–H and O–H groups in total. The molecule has 1 amide bonds. The molecule has 0 bridgehead atoms. The normalized spacial score (nSPS) is 10.7. The number of hydrogen-bond donors (Lipinski definition) is 4. The molecule has 0 aromatic heterocycles. The molecule has 0 fully saturated rings. The molecule has 0 unspecified atom stereocenters. The smallest absolute Gasteiger partial charge is 0.246 e. The van der Waals surface area contributed by atoms with Crippen LogP contribution in [-0.4, -0.2) is 36.6 Å². The van der Waals surface area contributed by atoms with Crippen molar-refractivity contribution >= 4 is 41.5 Å². The molecule has 2 rings (SSSR count). The van der Waals surface area contributed by atoms with Gasteiger partial charge in [0.2, 0.25) is 5.91 Å². The number of halogens is 2. The van der Waals surface area contributed by atoms with E-state index >= 15 is 0 Å². The number of aromatic hydroxyl groups is 1. The van der Waals surface area contributed by atoms with E-state index in [1.807, 2.05) is 13.0 Å². The molecule has 27 heavy (non-hydrogen) atoms. The van der Waals surface area contributed by atoms with Gasteiger partial charge in [0, 0.05) is 18.8 Å². The molecule has 0 aliphatic heterocycles. The van der Waals surface area contributed by atoms with Crippen molar-refractivity contribution in [2.45, 2.75) is 13.3 Å². The Bertz CT molecular complexity index is 754. The van der Waals surface area contributed by atoms with Gasteiger partial charge in [0.1, 0.15) is 18.1 Å². The van der Waals surface area contributed by atoms with E-state index in [9.17, 15) is 14.3 Å². The van der Waals surface area contributed by atoms with Gasteiger partial charge < -0.3 is 21.1 Å². The summed E-state index contributed by atoms with van der Waals surface area (Å²) in [4.78, 5) is 16.2. The number of hydrogen-bond acceptors (Lipinski definition) is 3. The molecule has 2 aromatic rings. The first kappa shape index (κ1) is 22.7. The molecule has 0 saturated heterocycles. The van der Waals surface area contributed by atoms with Crippen LogP contribution in [-0.2, 0) is 11.2 Å². The lowest BCUT2D eigenvalue weighted by atomic mass is 10.1. The Labute approximate surface area is 175 Å². The van der Waals surface area contributed by atoms with Crippen molar-refractivity contribution in [2.24, 2.45) is 4.99 Å². The van der Waals surface area contributed by atoms with Crippen LogP contribution in [0.4, 0.5) is 10.1 Å². The third-order valence-electron chi connectivity index (χ3n) is 3.47. The standard InChI is InChI=1S/C19H23FN4O2.HI/c1-2-21-19(22-11-10-14-4-3-5-15(20)12-14)23-13-18(26)24-16-6-8-17(25)9-7-16;/h3-9,12,25H,2,10-11,13H2,1H3,(H,24,26)(H2,21,22,23);1H. The number of amides is 1. The number of benzene rings is 2. The molecule has 0 heterocycles. The molecule has 8 heteroatoms. The van der Waals surface area contributed by atoms with Crippen LogP contribution in [0.25, 0.3) is 0 Å². The number of aliphatic imine (C=N–C) groups is 1. The molecule has 2 aromatic carbocycles. The topological polar surface area (TPSA) is 85.8 Å². The minimum absolute atomic E-state index is 0. The van der Waals surface area contributed by atoms with Crippen LogP contribution in [0.2, 0.25) is 0 Å². The average molecular weight is 486 g/mol. The summed E-state index contributed by atoms with van der Waals surface area (Å²) >= 11 is 0. The van der Waals surface area contributed by atoms with Gasteiger partial charge in [-0.05, 0) is 55.3 Å². The van der Waals surface area contributed by atoms with Gasteiger partial charge in [0.05, 0.1) is 0 Å². The Morgan fingerprint density at radius 1 is 1.15 bits per heavy atom. The highest BCUT2D eigenvalue weighted by molar-refractivity contribution is 14.0. The van der Waals surface area contributed by atoms with Crippen molar-refractivity contribution < 1.29 is 14.3 Å². The van der Waals surface area contributed by atoms with Gasteiger partial charge in [-0.1, -0.05) is 12.1 Å². The maximum absolute atomic E-state index is 13.2. The minimum atomic E-state index is -0.266. The van der Waals surface area contributed by atoms with Crippen LogP contribution in [0, 0.1) is 5.82 Å². The van der Waals surface area contributed by atoms with E-state index in [1.165, 1.54) is 24.3 Å². The van der Waals surface area contributed by atoms with E-state index in [-0.39, 0.29) is 48.0 Å². The van der Waals surface area contributed by atoms with Crippen molar-refractivity contribution in [1.29, 1.82) is 0 Å². The highest BCUT2D eigenvalue weighted by Crippen LogP contribution is 2.13. The fraction of sp³-hybridized carbons (Fsp3) is 0.263. The lowest BCUT2D eigenvalue weighted by Crippen LogP contribution is -2.39. The fourth-order valence-corrected chi connectivity index (χ4v) is 2.26. The summed E-state index contributed by atoms with van der Waals surface area (Å²) in [7, 11) is 0. The number of nitrogens with zero attached hydrogens (tertiary/aromatic N) is 1. The number of nitrogens with one attached hydrogen (secondary N) is 3. The zero-order valence-corrected chi connectivity index (χ0v) is 17.4. The van der Waals surface area contributed by atoms with Crippen LogP contribution in [0.15, 0.2) is 53.5 Å². The van der Waals surface area contributed by atoms with Gasteiger partial charge in [-0.25, -0.2) is 9.38 Å². The summed E-state index contributed by atoms with van der Waals surface area (Å²) in [6.45, 7) is 3.11. The molecule has 146 valence electrons. The first-order chi connectivity index (χ1) is 12.6. The number of phenolic OH excluding ortho intramolecular Hbond substituents is 1. The van der Waals surface area contributed by atoms with Crippen molar-refractivity contribution in [1.82, 2.24) is 10.6 Å². The van der Waals surface area contributed by atoms with E-state index in [0.29, 0.717) is 31.2 Å². The molecule has 0 spiro atoms. The van der Waals surface area contributed by atoms with Crippen LogP contribution < -0.4 is 16.0 Å². The van der Waals surface area contributed by atoms with Crippen LogP contribution in [0.5, 0.6) is 5.75 Å². The zero-order valence-electron chi connectivity index (χ0n) is 15.0. The van der Waals surface area contributed by atoms with Gasteiger partial charge >= 0.3 is 0 Å². The van der Waals surface area contributed by atoms with Crippen molar-refractivity contribution in [3.05, 3.63) is 59.9 Å². The second kappa shape index (κ2) is 12.1. The number of phenols is 1. The lowest BCUT2D eigenvalue weighted by molar-refractivity contribution is -0.114. The van der Waals surface area contributed by atoms with E-state index in [1.54, 1.807) is 18.2 Å². The summed E-state index contributed by atoms with van der Waals surface area (Å²) in [6.07, 6.45) is 0.641. The van der Waals surface area contributed by atoms with Crippen LogP contribution in [0.1, 0.15) is 12.5 Å². The second-order valence-corrected chi connectivity index (χ2v) is 5.60. The van der Waals surface area contributed by atoms with E-state index in [0.717, 1.165) is 5.56 Å². The molecule has 0 atom stereocenters. The summed E-state index contributed by atoms with van der Waals surface area (Å²) in [5.41, 5.74) is 1.48.